The zero-order chi connectivity index (χ0) is 21.3. The van der Waals surface area contributed by atoms with Gasteiger partial charge < -0.3 is 60.0 Å². The smallest absolute Gasteiger partial charge is 0.550 e. The molecule has 0 aliphatic carbocycles. The van der Waals surface area contributed by atoms with Crippen LogP contribution in [0.3, 0.4) is 0 Å². The maximum atomic E-state index is 10.2. The fourth-order valence-corrected chi connectivity index (χ4v) is 1.39. The Morgan fingerprint density at radius 1 is 0.607 bits per heavy atom. The minimum absolute atomic E-state index is 0. The Morgan fingerprint density at radius 2 is 0.821 bits per heavy atom. The van der Waals surface area contributed by atoms with E-state index in [-0.39, 0.29) is 106 Å². The molecule has 0 atom stereocenters. The largest absolute Gasteiger partial charge is 1.00 e. The van der Waals surface area contributed by atoms with Gasteiger partial charge in [0.15, 0.2) is 0 Å². The van der Waals surface area contributed by atoms with Crippen LogP contribution in [0.5, 0.6) is 0 Å². The zero-order valence-electron chi connectivity index (χ0n) is 16.7. The summed E-state index contributed by atoms with van der Waals surface area (Å²) in [5, 5.41) is 74.5. The summed E-state index contributed by atoms with van der Waals surface area (Å²) in [5.41, 5.74) is -5.82. The Labute approximate surface area is 244 Å². The van der Waals surface area contributed by atoms with E-state index in [9.17, 15) is 49.2 Å². The Bertz CT molecular complexity index is 528. The predicted molar refractivity (Wildman–Crippen MR) is 65.9 cm³/mol. The van der Waals surface area contributed by atoms with E-state index < -0.39 is 72.7 Å². The fourth-order valence-electron chi connectivity index (χ4n) is 1.39. The third-order valence-electron chi connectivity index (χ3n) is 2.52. The van der Waals surface area contributed by atoms with E-state index in [1.807, 2.05) is 0 Å². The second-order valence-electron chi connectivity index (χ2n) is 4.88. The van der Waals surface area contributed by atoms with Gasteiger partial charge in [-0.05, 0) is 0 Å². The molecule has 14 nitrogen and oxygen atoms in total. The Hall–Kier alpha value is 0.0127. The Morgan fingerprint density at radius 3 is 0.964 bits per heavy atom. The maximum Gasteiger partial charge on any atom is 1.00 e. The summed E-state index contributed by atoms with van der Waals surface area (Å²) >= 11 is 0. The van der Waals surface area contributed by atoms with Gasteiger partial charge in [0.05, 0.1) is 24.8 Å². The predicted octanol–water partition coefficient (Wildman–Crippen LogP) is -13.6. The van der Waals surface area contributed by atoms with E-state index in [0.29, 0.717) is 0 Å². The molecule has 0 aliphatic rings. The molecule has 0 aromatic heterocycles. The molecule has 16 heteroatoms. The maximum absolute atomic E-state index is 10.2. The van der Waals surface area contributed by atoms with Crippen LogP contribution in [-0.2, 0) is 28.8 Å². The minimum atomic E-state index is -2.97. The molecule has 0 aromatic carbocycles. The average molecular weight is 460 g/mol. The van der Waals surface area contributed by atoms with E-state index in [1.165, 1.54) is 0 Å². The molecule has 0 heterocycles. The molecule has 4 N–H and O–H groups in total. The molecule has 0 amide bonds. The van der Waals surface area contributed by atoms with E-state index in [2.05, 4.69) is 0 Å². The van der Waals surface area contributed by atoms with Crippen LogP contribution < -0.4 is 123 Å². The molecule has 0 fully saturated rings. The number of rotatable bonds is 10. The molecule has 0 spiro atoms. The summed E-state index contributed by atoms with van der Waals surface area (Å²) in [6, 6.07) is 0. The van der Waals surface area contributed by atoms with Gasteiger partial charge in [-0.2, -0.15) is 0 Å². The van der Waals surface area contributed by atoms with Crippen molar-refractivity contribution in [2.24, 2.45) is 0 Å². The van der Waals surface area contributed by atoms with Crippen molar-refractivity contribution in [3.05, 3.63) is 0 Å². The number of aliphatic carboxylic acids is 6. The summed E-state index contributed by atoms with van der Waals surface area (Å²) in [6.45, 7) is 0. The average Bonchev–Trinajstić information content (AvgIpc) is 2.34. The van der Waals surface area contributed by atoms with Crippen molar-refractivity contribution in [3.8, 4) is 0 Å². The van der Waals surface area contributed by atoms with Gasteiger partial charge in [0.25, 0.3) is 0 Å². The fraction of sp³-hybridized carbons (Fsp3) is 0.500. The van der Waals surface area contributed by atoms with Gasteiger partial charge in [-0.3, -0.25) is 9.59 Å². The van der Waals surface area contributed by atoms with Crippen LogP contribution in [0.1, 0.15) is 28.5 Å². The number of hydrogen-bond donors (Lipinski definition) is 4. The zero-order valence-corrected chi connectivity index (χ0v) is 20.9. The van der Waals surface area contributed by atoms with E-state index in [4.69, 9.17) is 20.4 Å². The molecule has 0 aromatic rings. The molecule has 28 heavy (non-hydrogen) atoms. The molecule has 0 saturated heterocycles. The second kappa shape index (κ2) is 15.8. The molecule has 0 bridgehead atoms. The molecule has 0 saturated carbocycles. The van der Waals surface area contributed by atoms with Gasteiger partial charge in [0.1, 0.15) is 11.2 Å². The molecule has 0 aliphatic heterocycles. The van der Waals surface area contributed by atoms with Crippen molar-refractivity contribution in [1.29, 1.82) is 0 Å². The van der Waals surface area contributed by atoms with Gasteiger partial charge >= 0.3 is 118 Å². The van der Waals surface area contributed by atoms with Crippen LogP contribution in [0.15, 0.2) is 0 Å². The summed E-state index contributed by atoms with van der Waals surface area (Å²) in [5.74, 6) is -11.3. The van der Waals surface area contributed by atoms with Crippen LogP contribution in [0.2, 0.25) is 0 Å². The van der Waals surface area contributed by atoms with Crippen molar-refractivity contribution in [1.82, 2.24) is 0 Å². The summed E-state index contributed by atoms with van der Waals surface area (Å²) in [7, 11) is 0. The van der Waals surface area contributed by atoms with Crippen molar-refractivity contribution in [3.63, 3.8) is 0 Å². The van der Waals surface area contributed by atoms with Gasteiger partial charge in [-0.25, -0.2) is 0 Å². The molecular formula is C12H14K2O14. The number of hydrogen-bond acceptors (Lipinski definition) is 12. The summed E-state index contributed by atoms with van der Waals surface area (Å²) < 4.78 is 0. The summed E-state index contributed by atoms with van der Waals surface area (Å²) in [6.07, 6.45) is -5.13. The number of carbonyl (C=O) groups is 6. The third-order valence-corrected chi connectivity index (χ3v) is 2.52. The van der Waals surface area contributed by atoms with Crippen LogP contribution in [0.25, 0.3) is 0 Å². The van der Waals surface area contributed by atoms with Crippen molar-refractivity contribution >= 4 is 35.8 Å². The quantitative estimate of drug-likeness (QED) is 0.220. The Balaban J connectivity index is -0.0000000847. The first kappa shape index (κ1) is 35.4. The van der Waals surface area contributed by atoms with E-state index in [1.54, 1.807) is 0 Å². The molecular weight excluding hydrogens is 446 g/mol. The Kier molecular flexibility index (Phi) is 20.0. The first-order chi connectivity index (χ1) is 11.6. The number of aliphatic hydroxyl groups is 2. The van der Waals surface area contributed by atoms with Crippen LogP contribution in [-0.4, -0.2) is 67.4 Å². The van der Waals surface area contributed by atoms with Crippen molar-refractivity contribution in [2.75, 3.05) is 0 Å². The topological polar surface area (TPSA) is 276 Å². The first-order valence-electron chi connectivity index (χ1n) is 6.26. The van der Waals surface area contributed by atoms with E-state index in [0.717, 1.165) is 0 Å². The third kappa shape index (κ3) is 15.9. The van der Waals surface area contributed by atoms with Gasteiger partial charge in [0, 0.05) is 24.8 Å². The first-order valence-corrected chi connectivity index (χ1v) is 6.26. The van der Waals surface area contributed by atoms with Crippen LogP contribution in [0.4, 0.5) is 0 Å². The van der Waals surface area contributed by atoms with Crippen LogP contribution >= 0.6 is 0 Å². The van der Waals surface area contributed by atoms with Crippen molar-refractivity contribution in [2.45, 2.75) is 36.9 Å². The van der Waals surface area contributed by atoms with Crippen LogP contribution in [0, 0.1) is 0 Å². The minimum Gasteiger partial charge on any atom is -0.550 e. The van der Waals surface area contributed by atoms with E-state index >= 15 is 0 Å². The number of carboxylic acids is 6. The number of carboxylic acid groups (broad SMARTS) is 6. The second-order valence-corrected chi connectivity index (χ2v) is 4.88. The van der Waals surface area contributed by atoms with Gasteiger partial charge in [-0.15, -0.1) is 0 Å². The molecule has 0 radical (unpaired) electrons. The normalized spacial score (nSPS) is 10.1. The standard InChI is InChI=1S/2C6H8O7.2K/c2*7-3(8)1-6(13,5(11)12)2-4(9)10;;/h2*13H,1-2H2,(H,7,8)(H,9,10)(H,11,12);;/q;;2*+1/p-2. The molecule has 0 rings (SSSR count). The summed E-state index contributed by atoms with van der Waals surface area (Å²) in [4.78, 5) is 60.3. The molecule has 148 valence electrons. The van der Waals surface area contributed by atoms with Gasteiger partial charge in [0.2, 0.25) is 0 Å². The molecule has 0 unspecified atom stereocenters. The number of carbonyl (C=O) groups excluding carboxylic acids is 4. The van der Waals surface area contributed by atoms with Gasteiger partial charge in [-0.1, -0.05) is 0 Å². The SMILES string of the molecule is O=C(O)CC(O)(CC(=O)O)C(=O)[O-].O=C([O-])CC(O)(CC(=O)[O-])C(=O)[O-].[H+].[H+].[K+].[K+]. The monoisotopic (exact) mass is 460 g/mol. The van der Waals surface area contributed by atoms with Crippen molar-refractivity contribution < 1.29 is 175 Å².